The van der Waals surface area contributed by atoms with E-state index in [-0.39, 0.29) is 0 Å². The molecule has 1 N–H and O–H groups in total. The van der Waals surface area contributed by atoms with E-state index in [1.165, 1.54) is 33.4 Å². The van der Waals surface area contributed by atoms with Crippen molar-refractivity contribution in [2.45, 2.75) is 47.1 Å². The molecule has 1 unspecified atom stereocenters. The van der Waals surface area contributed by atoms with Gasteiger partial charge in [0.1, 0.15) is 0 Å². The van der Waals surface area contributed by atoms with Crippen LogP contribution in [0.25, 0.3) is 0 Å². The Morgan fingerprint density at radius 3 is 2.14 bits per heavy atom. The summed E-state index contributed by atoms with van der Waals surface area (Å²) in [7, 11) is 0. The van der Waals surface area contributed by atoms with Gasteiger partial charge in [-0.05, 0) is 57.4 Å². The predicted octanol–water partition coefficient (Wildman–Crippen LogP) is 4.81. The molecule has 0 aliphatic rings. The van der Waals surface area contributed by atoms with E-state index in [1.807, 2.05) is 0 Å². The maximum absolute atomic E-state index is 3.65. The molecule has 0 saturated carbocycles. The lowest BCUT2D eigenvalue weighted by Crippen LogP contribution is -2.23. The minimum atomic E-state index is 0.383. The number of hydrogen-bond acceptors (Lipinski definition) is 1. The number of rotatable bonds is 5. The van der Waals surface area contributed by atoms with Crippen molar-refractivity contribution in [3.05, 3.63) is 69.8 Å². The van der Waals surface area contributed by atoms with Gasteiger partial charge in [0.05, 0.1) is 0 Å². The van der Waals surface area contributed by atoms with Gasteiger partial charge in [-0.1, -0.05) is 60.0 Å². The molecular formula is C20H27N. The maximum Gasteiger partial charge on any atom is 0.0361 e. The molecule has 2 aromatic carbocycles. The van der Waals surface area contributed by atoms with Gasteiger partial charge in [0.15, 0.2) is 0 Å². The van der Waals surface area contributed by atoms with Crippen molar-refractivity contribution in [2.24, 2.45) is 0 Å². The van der Waals surface area contributed by atoms with Crippen molar-refractivity contribution in [1.29, 1.82) is 0 Å². The Hall–Kier alpha value is -1.60. The van der Waals surface area contributed by atoms with Crippen LogP contribution in [-0.2, 0) is 6.42 Å². The SMILES string of the molecule is CCNC(Cc1cc(C)ccc1C)c1cc(C)cc(C)c1. The van der Waals surface area contributed by atoms with Crippen molar-refractivity contribution in [3.8, 4) is 0 Å². The first-order chi connectivity index (χ1) is 9.99. The lowest BCUT2D eigenvalue weighted by atomic mass is 9.93. The Morgan fingerprint density at radius 1 is 0.857 bits per heavy atom. The lowest BCUT2D eigenvalue weighted by molar-refractivity contribution is 0.548. The molecule has 0 amide bonds. The third-order valence-electron chi connectivity index (χ3n) is 4.03. The highest BCUT2D eigenvalue weighted by Gasteiger charge is 2.13. The number of benzene rings is 2. The van der Waals surface area contributed by atoms with E-state index in [0.29, 0.717) is 6.04 Å². The van der Waals surface area contributed by atoms with Crippen LogP contribution in [0.3, 0.4) is 0 Å². The molecule has 0 aliphatic carbocycles. The highest BCUT2D eigenvalue weighted by molar-refractivity contribution is 5.35. The van der Waals surface area contributed by atoms with Crippen LogP contribution < -0.4 is 5.32 Å². The predicted molar refractivity (Wildman–Crippen MR) is 92.0 cm³/mol. The largest absolute Gasteiger partial charge is 0.310 e. The van der Waals surface area contributed by atoms with Crippen LogP contribution in [0.15, 0.2) is 36.4 Å². The van der Waals surface area contributed by atoms with Gasteiger partial charge in [-0.15, -0.1) is 0 Å². The molecule has 0 saturated heterocycles. The van der Waals surface area contributed by atoms with E-state index in [4.69, 9.17) is 0 Å². The Bertz CT molecular complexity index is 593. The van der Waals surface area contributed by atoms with E-state index in [2.05, 4.69) is 76.3 Å². The zero-order valence-corrected chi connectivity index (χ0v) is 14.0. The fraction of sp³-hybridized carbons (Fsp3) is 0.400. The lowest BCUT2D eigenvalue weighted by Gasteiger charge is -2.21. The summed E-state index contributed by atoms with van der Waals surface area (Å²) in [5, 5.41) is 3.65. The summed E-state index contributed by atoms with van der Waals surface area (Å²) >= 11 is 0. The molecule has 2 rings (SSSR count). The van der Waals surface area contributed by atoms with Gasteiger partial charge in [0.25, 0.3) is 0 Å². The van der Waals surface area contributed by atoms with Gasteiger partial charge >= 0.3 is 0 Å². The molecule has 0 fully saturated rings. The molecule has 0 heterocycles. The van der Waals surface area contributed by atoms with Crippen LogP contribution in [0.1, 0.15) is 46.3 Å². The molecule has 0 aromatic heterocycles. The topological polar surface area (TPSA) is 12.0 Å². The number of hydrogen-bond donors (Lipinski definition) is 1. The summed E-state index contributed by atoms with van der Waals surface area (Å²) in [5.74, 6) is 0. The summed E-state index contributed by atoms with van der Waals surface area (Å²) in [4.78, 5) is 0. The first kappa shape index (κ1) is 15.8. The zero-order chi connectivity index (χ0) is 15.4. The van der Waals surface area contributed by atoms with Crippen molar-refractivity contribution >= 4 is 0 Å². The summed E-state index contributed by atoms with van der Waals surface area (Å²) in [6.45, 7) is 11.9. The van der Waals surface area contributed by atoms with Crippen LogP contribution in [0.4, 0.5) is 0 Å². The first-order valence-electron chi connectivity index (χ1n) is 7.87. The van der Waals surface area contributed by atoms with Gasteiger partial charge in [0, 0.05) is 6.04 Å². The quantitative estimate of drug-likeness (QED) is 0.829. The molecule has 1 atom stereocenters. The summed E-state index contributed by atoms with van der Waals surface area (Å²) < 4.78 is 0. The van der Waals surface area contributed by atoms with Gasteiger partial charge in [-0.3, -0.25) is 0 Å². The third-order valence-corrected chi connectivity index (χ3v) is 4.03. The number of likely N-dealkylation sites (N-methyl/N-ethyl adjacent to an activating group) is 1. The summed E-state index contributed by atoms with van der Waals surface area (Å²) in [6.07, 6.45) is 1.05. The number of nitrogens with one attached hydrogen (secondary N) is 1. The highest BCUT2D eigenvalue weighted by Crippen LogP contribution is 2.23. The van der Waals surface area contributed by atoms with Crippen LogP contribution >= 0.6 is 0 Å². The molecule has 0 radical (unpaired) electrons. The minimum absolute atomic E-state index is 0.383. The summed E-state index contributed by atoms with van der Waals surface area (Å²) in [5.41, 5.74) is 8.25. The molecule has 0 bridgehead atoms. The van der Waals surface area contributed by atoms with Crippen molar-refractivity contribution in [3.63, 3.8) is 0 Å². The average molecular weight is 281 g/mol. The summed E-state index contributed by atoms with van der Waals surface area (Å²) in [6, 6.07) is 14.0. The van der Waals surface area contributed by atoms with E-state index in [9.17, 15) is 0 Å². The average Bonchev–Trinajstić information content (AvgIpc) is 2.41. The Morgan fingerprint density at radius 2 is 1.52 bits per heavy atom. The molecule has 21 heavy (non-hydrogen) atoms. The molecule has 112 valence electrons. The molecule has 1 heteroatoms. The highest BCUT2D eigenvalue weighted by atomic mass is 14.9. The Balaban J connectivity index is 2.32. The van der Waals surface area contributed by atoms with E-state index >= 15 is 0 Å². The van der Waals surface area contributed by atoms with Crippen molar-refractivity contribution in [2.75, 3.05) is 6.54 Å². The molecule has 0 spiro atoms. The smallest absolute Gasteiger partial charge is 0.0361 e. The molecule has 2 aromatic rings. The Labute approximate surface area is 129 Å². The third kappa shape index (κ3) is 4.18. The van der Waals surface area contributed by atoms with Crippen LogP contribution in [0.5, 0.6) is 0 Å². The van der Waals surface area contributed by atoms with E-state index in [1.54, 1.807) is 0 Å². The van der Waals surface area contributed by atoms with Crippen LogP contribution in [0.2, 0.25) is 0 Å². The van der Waals surface area contributed by atoms with E-state index < -0.39 is 0 Å². The standard InChI is InChI=1S/C20H27N/c1-6-21-20(19-11-15(3)9-16(4)12-19)13-18-10-14(2)7-8-17(18)5/h7-12,20-21H,6,13H2,1-5H3. The second kappa shape index (κ2) is 6.91. The fourth-order valence-corrected chi connectivity index (χ4v) is 3.01. The maximum atomic E-state index is 3.65. The van der Waals surface area contributed by atoms with Gasteiger partial charge < -0.3 is 5.32 Å². The first-order valence-corrected chi connectivity index (χ1v) is 7.87. The van der Waals surface area contributed by atoms with Gasteiger partial charge in [0.2, 0.25) is 0 Å². The second-order valence-electron chi connectivity index (χ2n) is 6.17. The molecule has 0 aliphatic heterocycles. The Kier molecular flexibility index (Phi) is 5.19. The monoisotopic (exact) mass is 281 g/mol. The van der Waals surface area contributed by atoms with Crippen molar-refractivity contribution in [1.82, 2.24) is 5.32 Å². The fourth-order valence-electron chi connectivity index (χ4n) is 3.01. The second-order valence-corrected chi connectivity index (χ2v) is 6.17. The number of aryl methyl sites for hydroxylation is 4. The van der Waals surface area contributed by atoms with Crippen molar-refractivity contribution < 1.29 is 0 Å². The zero-order valence-electron chi connectivity index (χ0n) is 14.0. The van der Waals surface area contributed by atoms with Gasteiger partial charge in [-0.25, -0.2) is 0 Å². The molecular weight excluding hydrogens is 254 g/mol. The van der Waals surface area contributed by atoms with Crippen LogP contribution in [-0.4, -0.2) is 6.54 Å². The molecule has 1 nitrogen and oxygen atoms in total. The van der Waals surface area contributed by atoms with E-state index in [0.717, 1.165) is 13.0 Å². The minimum Gasteiger partial charge on any atom is -0.310 e. The van der Waals surface area contributed by atoms with Crippen LogP contribution in [0, 0.1) is 27.7 Å². The normalized spacial score (nSPS) is 12.4. The van der Waals surface area contributed by atoms with Gasteiger partial charge in [-0.2, -0.15) is 0 Å².